The van der Waals surface area contributed by atoms with E-state index in [0.29, 0.717) is 6.42 Å². The number of ether oxygens (including phenoxy) is 1. The lowest BCUT2D eigenvalue weighted by atomic mass is 9.88. The summed E-state index contributed by atoms with van der Waals surface area (Å²) in [5.41, 5.74) is -1.60. The molecule has 152 valence electrons. The number of anilines is 1. The molecular formula is C19H27F3N2O3. The third kappa shape index (κ3) is 8.79. The molecule has 1 rings (SSSR count). The molecule has 0 bridgehead atoms. The van der Waals surface area contributed by atoms with E-state index in [1.807, 2.05) is 20.8 Å². The normalized spacial score (nSPS) is 13.7. The van der Waals surface area contributed by atoms with Gasteiger partial charge in [-0.2, -0.15) is 13.2 Å². The molecule has 1 aromatic carbocycles. The zero-order valence-corrected chi connectivity index (χ0v) is 16.5. The van der Waals surface area contributed by atoms with Gasteiger partial charge in [0.25, 0.3) is 0 Å². The SMILES string of the molecule is CC(C)(C)C[C@H](NC(=O)Nc1ccc(C(F)(F)F)cc1)C(=O)OC(C)(C)C. The van der Waals surface area contributed by atoms with E-state index >= 15 is 0 Å². The average Bonchev–Trinajstić information content (AvgIpc) is 2.42. The van der Waals surface area contributed by atoms with Gasteiger partial charge in [-0.15, -0.1) is 0 Å². The first-order valence-corrected chi connectivity index (χ1v) is 8.54. The van der Waals surface area contributed by atoms with E-state index in [9.17, 15) is 22.8 Å². The van der Waals surface area contributed by atoms with E-state index in [2.05, 4.69) is 10.6 Å². The lowest BCUT2D eigenvalue weighted by Gasteiger charge is -2.28. The minimum absolute atomic E-state index is 0.180. The van der Waals surface area contributed by atoms with Crippen LogP contribution in [0.3, 0.4) is 0 Å². The van der Waals surface area contributed by atoms with Crippen molar-refractivity contribution in [2.45, 2.75) is 65.8 Å². The molecule has 8 heteroatoms. The number of urea groups is 1. The van der Waals surface area contributed by atoms with Gasteiger partial charge < -0.3 is 15.4 Å². The Morgan fingerprint density at radius 2 is 1.52 bits per heavy atom. The third-order valence-corrected chi connectivity index (χ3v) is 3.28. The Labute approximate surface area is 157 Å². The van der Waals surface area contributed by atoms with Crippen LogP contribution in [0.15, 0.2) is 24.3 Å². The first kappa shape index (κ1) is 22.8. The quantitative estimate of drug-likeness (QED) is 0.716. The molecule has 1 atom stereocenters. The number of halogens is 3. The van der Waals surface area contributed by atoms with Crippen LogP contribution in [-0.2, 0) is 15.7 Å². The van der Waals surface area contributed by atoms with Gasteiger partial charge in [0.15, 0.2) is 0 Å². The van der Waals surface area contributed by atoms with Crippen molar-refractivity contribution < 1.29 is 27.5 Å². The van der Waals surface area contributed by atoms with Crippen LogP contribution in [0.2, 0.25) is 0 Å². The number of hydrogen-bond donors (Lipinski definition) is 2. The van der Waals surface area contributed by atoms with Crippen LogP contribution in [0.5, 0.6) is 0 Å². The van der Waals surface area contributed by atoms with E-state index in [1.165, 1.54) is 0 Å². The summed E-state index contributed by atoms with van der Waals surface area (Å²) < 4.78 is 43.1. The molecule has 0 unspecified atom stereocenters. The van der Waals surface area contributed by atoms with Gasteiger partial charge in [0.05, 0.1) is 5.56 Å². The van der Waals surface area contributed by atoms with Crippen LogP contribution in [-0.4, -0.2) is 23.6 Å². The Morgan fingerprint density at radius 1 is 1.00 bits per heavy atom. The summed E-state index contributed by atoms with van der Waals surface area (Å²) in [7, 11) is 0. The number of carbonyl (C=O) groups excluding carboxylic acids is 2. The zero-order chi connectivity index (χ0) is 21.0. The number of alkyl halides is 3. The number of rotatable bonds is 4. The van der Waals surface area contributed by atoms with Gasteiger partial charge in [-0.1, -0.05) is 20.8 Å². The summed E-state index contributed by atoms with van der Waals surface area (Å²) in [6, 6.07) is 2.45. The highest BCUT2D eigenvalue weighted by Gasteiger charge is 2.31. The first-order valence-electron chi connectivity index (χ1n) is 8.54. The zero-order valence-electron chi connectivity index (χ0n) is 16.5. The van der Waals surface area contributed by atoms with Crippen LogP contribution in [0.25, 0.3) is 0 Å². The van der Waals surface area contributed by atoms with Gasteiger partial charge in [-0.05, 0) is 56.9 Å². The number of esters is 1. The number of carbonyl (C=O) groups is 2. The standard InChI is InChI=1S/C19H27F3N2O3/c1-17(2,3)11-14(15(25)27-18(4,5)6)24-16(26)23-13-9-7-12(8-10-13)19(20,21)22/h7-10,14H,11H2,1-6H3,(H2,23,24,26)/t14-/m0/s1. The lowest BCUT2D eigenvalue weighted by molar-refractivity contribution is -0.158. The van der Waals surface area contributed by atoms with Gasteiger partial charge >= 0.3 is 18.2 Å². The van der Waals surface area contributed by atoms with Gasteiger partial charge in [-0.3, -0.25) is 0 Å². The second-order valence-corrected chi connectivity index (χ2v) is 8.52. The molecule has 0 radical (unpaired) electrons. The molecule has 0 saturated heterocycles. The van der Waals surface area contributed by atoms with Crippen molar-refractivity contribution in [3.05, 3.63) is 29.8 Å². The monoisotopic (exact) mass is 388 g/mol. The Morgan fingerprint density at radius 3 is 1.93 bits per heavy atom. The summed E-state index contributed by atoms with van der Waals surface area (Å²) >= 11 is 0. The molecule has 0 saturated carbocycles. The highest BCUT2D eigenvalue weighted by atomic mass is 19.4. The summed E-state index contributed by atoms with van der Waals surface area (Å²) in [5.74, 6) is -0.569. The van der Waals surface area contributed by atoms with Crippen LogP contribution in [0, 0.1) is 5.41 Å². The van der Waals surface area contributed by atoms with E-state index in [-0.39, 0.29) is 11.1 Å². The van der Waals surface area contributed by atoms with Crippen LogP contribution in [0.1, 0.15) is 53.5 Å². The van der Waals surface area contributed by atoms with Crippen molar-refractivity contribution in [1.29, 1.82) is 0 Å². The van der Waals surface area contributed by atoms with Crippen molar-refractivity contribution in [3.63, 3.8) is 0 Å². The largest absolute Gasteiger partial charge is 0.458 e. The number of benzene rings is 1. The van der Waals surface area contributed by atoms with Crippen molar-refractivity contribution in [3.8, 4) is 0 Å². The second kappa shape index (κ2) is 8.19. The second-order valence-electron chi connectivity index (χ2n) is 8.52. The lowest BCUT2D eigenvalue weighted by Crippen LogP contribution is -2.47. The molecule has 0 heterocycles. The van der Waals surface area contributed by atoms with Gasteiger partial charge in [-0.25, -0.2) is 9.59 Å². The number of nitrogens with one attached hydrogen (secondary N) is 2. The minimum atomic E-state index is -4.45. The maximum atomic E-state index is 12.6. The molecule has 0 aromatic heterocycles. The fraction of sp³-hybridized carbons (Fsp3) is 0.579. The Bertz CT molecular complexity index is 657. The smallest absolute Gasteiger partial charge is 0.416 e. The molecule has 5 nitrogen and oxygen atoms in total. The molecule has 0 fully saturated rings. The predicted octanol–water partition coefficient (Wildman–Crippen LogP) is 4.97. The van der Waals surface area contributed by atoms with Crippen LogP contribution in [0.4, 0.5) is 23.7 Å². The maximum Gasteiger partial charge on any atom is 0.416 e. The van der Waals surface area contributed by atoms with E-state index in [0.717, 1.165) is 24.3 Å². The van der Waals surface area contributed by atoms with Gasteiger partial charge in [0.1, 0.15) is 11.6 Å². The fourth-order valence-electron chi connectivity index (χ4n) is 2.25. The molecule has 1 aromatic rings. The average molecular weight is 388 g/mol. The first-order chi connectivity index (χ1) is 12.1. The number of amides is 2. The molecule has 2 N–H and O–H groups in total. The highest BCUT2D eigenvalue weighted by Crippen LogP contribution is 2.29. The fourth-order valence-corrected chi connectivity index (χ4v) is 2.25. The Hall–Kier alpha value is -2.25. The highest BCUT2D eigenvalue weighted by molar-refractivity contribution is 5.92. The molecule has 27 heavy (non-hydrogen) atoms. The van der Waals surface area contributed by atoms with Crippen LogP contribution >= 0.6 is 0 Å². The Kier molecular flexibility index (Phi) is 6.91. The van der Waals surface area contributed by atoms with E-state index < -0.39 is 35.4 Å². The van der Waals surface area contributed by atoms with Gasteiger partial charge in [0, 0.05) is 5.69 Å². The topological polar surface area (TPSA) is 67.4 Å². The summed E-state index contributed by atoms with van der Waals surface area (Å²) in [6.07, 6.45) is -4.11. The van der Waals surface area contributed by atoms with Crippen molar-refractivity contribution in [1.82, 2.24) is 5.32 Å². The number of hydrogen-bond acceptors (Lipinski definition) is 3. The van der Waals surface area contributed by atoms with Crippen molar-refractivity contribution in [2.24, 2.45) is 5.41 Å². The van der Waals surface area contributed by atoms with Crippen LogP contribution < -0.4 is 10.6 Å². The molecule has 0 aliphatic heterocycles. The van der Waals surface area contributed by atoms with E-state index in [1.54, 1.807) is 20.8 Å². The minimum Gasteiger partial charge on any atom is -0.458 e. The van der Waals surface area contributed by atoms with E-state index in [4.69, 9.17) is 4.74 Å². The van der Waals surface area contributed by atoms with Crippen molar-refractivity contribution >= 4 is 17.7 Å². The summed E-state index contributed by atoms with van der Waals surface area (Å²) in [4.78, 5) is 24.6. The molecule has 0 spiro atoms. The summed E-state index contributed by atoms with van der Waals surface area (Å²) in [6.45, 7) is 10.9. The molecule has 0 aliphatic rings. The maximum absolute atomic E-state index is 12.6. The molecule has 2 amide bonds. The van der Waals surface area contributed by atoms with Gasteiger partial charge in [0.2, 0.25) is 0 Å². The third-order valence-electron chi connectivity index (χ3n) is 3.28. The summed E-state index contributed by atoms with van der Waals surface area (Å²) in [5, 5.41) is 4.97. The predicted molar refractivity (Wildman–Crippen MR) is 97.3 cm³/mol. The Balaban J connectivity index is 2.82. The molecule has 0 aliphatic carbocycles. The molecular weight excluding hydrogens is 361 g/mol. The van der Waals surface area contributed by atoms with Crippen molar-refractivity contribution in [2.75, 3.05) is 5.32 Å².